The van der Waals surface area contributed by atoms with Gasteiger partial charge in [0.1, 0.15) is 6.61 Å². The van der Waals surface area contributed by atoms with Gasteiger partial charge < -0.3 is 19.1 Å². The van der Waals surface area contributed by atoms with Crippen molar-refractivity contribution in [2.45, 2.75) is 17.8 Å². The number of amides is 1. The van der Waals surface area contributed by atoms with Crippen LogP contribution < -0.4 is 9.47 Å². The van der Waals surface area contributed by atoms with Crippen molar-refractivity contribution in [3.05, 3.63) is 23.8 Å². The Labute approximate surface area is 162 Å². The number of sulfone groups is 1. The molecule has 1 aromatic rings. The second kappa shape index (κ2) is 8.07. The summed E-state index contributed by atoms with van der Waals surface area (Å²) in [4.78, 5) is 18.0. The van der Waals surface area contributed by atoms with Crippen LogP contribution in [0.3, 0.4) is 0 Å². The average Bonchev–Trinajstić information content (AvgIpc) is 3.07. The number of aliphatic imine (C=N–C) groups is 1. The van der Waals surface area contributed by atoms with E-state index >= 15 is 0 Å². The molecular formula is C17H22N2O6S2. The zero-order valence-corrected chi connectivity index (χ0v) is 17.0. The summed E-state index contributed by atoms with van der Waals surface area (Å²) in [5.41, 5.74) is 0.907. The van der Waals surface area contributed by atoms with Crippen molar-refractivity contribution in [3.63, 3.8) is 0 Å². The van der Waals surface area contributed by atoms with Crippen molar-refractivity contribution < 1.29 is 27.4 Å². The molecule has 0 spiro atoms. The van der Waals surface area contributed by atoms with Crippen LogP contribution >= 0.6 is 11.8 Å². The maximum atomic E-state index is 12.1. The van der Waals surface area contributed by atoms with E-state index in [1.54, 1.807) is 20.3 Å². The number of benzene rings is 1. The van der Waals surface area contributed by atoms with Crippen molar-refractivity contribution in [2.24, 2.45) is 4.99 Å². The number of methoxy groups -OCH3 is 3. The monoisotopic (exact) mass is 414 g/mol. The predicted octanol–water partition coefficient (Wildman–Crippen LogP) is 0.947. The van der Waals surface area contributed by atoms with Crippen LogP contribution in [0, 0.1) is 0 Å². The SMILES string of the molecule is COCC(=O)N=C1S[C@H]2CS(=O)(=O)C[C@H]2N1Cc1ccc(OC)c(OC)c1. The molecule has 0 aliphatic carbocycles. The smallest absolute Gasteiger partial charge is 0.274 e. The third-order valence-electron chi connectivity index (χ3n) is 4.46. The van der Waals surface area contributed by atoms with Crippen molar-refractivity contribution in [2.75, 3.05) is 39.4 Å². The fourth-order valence-corrected chi connectivity index (χ4v) is 7.23. The van der Waals surface area contributed by atoms with Crippen LogP contribution in [0.15, 0.2) is 23.2 Å². The number of carbonyl (C=O) groups is 1. The van der Waals surface area contributed by atoms with Crippen LogP contribution in [0.4, 0.5) is 0 Å². The zero-order chi connectivity index (χ0) is 19.6. The van der Waals surface area contributed by atoms with Crippen LogP contribution in [-0.4, -0.2) is 75.1 Å². The van der Waals surface area contributed by atoms with Crippen molar-refractivity contribution in [3.8, 4) is 11.5 Å². The largest absolute Gasteiger partial charge is 0.493 e. The molecule has 3 rings (SSSR count). The van der Waals surface area contributed by atoms with Crippen LogP contribution in [0.1, 0.15) is 5.56 Å². The molecule has 0 radical (unpaired) electrons. The molecule has 0 aromatic heterocycles. The molecule has 2 aliphatic rings. The number of nitrogens with zero attached hydrogens (tertiary/aromatic N) is 2. The highest BCUT2D eigenvalue weighted by molar-refractivity contribution is 8.15. The van der Waals surface area contributed by atoms with Crippen LogP contribution in [0.25, 0.3) is 0 Å². The molecule has 0 unspecified atom stereocenters. The number of hydrogen-bond acceptors (Lipinski definition) is 7. The number of thioether (sulfide) groups is 1. The van der Waals surface area contributed by atoms with Crippen molar-refractivity contribution in [1.82, 2.24) is 4.90 Å². The molecular weight excluding hydrogens is 392 g/mol. The molecule has 148 valence electrons. The average molecular weight is 415 g/mol. The van der Waals surface area contributed by atoms with E-state index in [1.165, 1.54) is 18.9 Å². The van der Waals surface area contributed by atoms with Gasteiger partial charge in [-0.1, -0.05) is 17.8 Å². The van der Waals surface area contributed by atoms with E-state index in [0.29, 0.717) is 23.2 Å². The zero-order valence-electron chi connectivity index (χ0n) is 15.4. The van der Waals surface area contributed by atoms with E-state index in [4.69, 9.17) is 14.2 Å². The normalized spacial score (nSPS) is 24.9. The molecule has 2 heterocycles. The first-order valence-electron chi connectivity index (χ1n) is 8.32. The van der Waals surface area contributed by atoms with E-state index in [9.17, 15) is 13.2 Å². The third kappa shape index (κ3) is 4.39. The predicted molar refractivity (Wildman–Crippen MR) is 103 cm³/mol. The van der Waals surface area contributed by atoms with E-state index < -0.39 is 9.84 Å². The van der Waals surface area contributed by atoms with Crippen LogP contribution in [0.2, 0.25) is 0 Å². The molecule has 2 fully saturated rings. The Morgan fingerprint density at radius 1 is 1.22 bits per heavy atom. The van der Waals surface area contributed by atoms with Crippen molar-refractivity contribution in [1.29, 1.82) is 0 Å². The summed E-state index contributed by atoms with van der Waals surface area (Å²) in [6, 6.07) is 5.32. The molecule has 27 heavy (non-hydrogen) atoms. The standard InChI is InChI=1S/C17H22N2O6S2/c1-23-8-16(20)18-17-19(12-9-27(21,22)10-15(12)26-17)7-11-4-5-13(24-2)14(6-11)25-3/h4-6,12,15H,7-10H2,1-3H3/t12-,15+/m1/s1. The van der Waals surface area contributed by atoms with Gasteiger partial charge in [-0.2, -0.15) is 4.99 Å². The van der Waals surface area contributed by atoms with Gasteiger partial charge in [-0.05, 0) is 17.7 Å². The van der Waals surface area contributed by atoms with Gasteiger partial charge >= 0.3 is 0 Å². The molecule has 8 nitrogen and oxygen atoms in total. The second-order valence-corrected chi connectivity index (χ2v) is 9.70. The minimum Gasteiger partial charge on any atom is -0.493 e. The highest BCUT2D eigenvalue weighted by atomic mass is 32.2. The van der Waals surface area contributed by atoms with Crippen molar-refractivity contribution >= 4 is 32.7 Å². The lowest BCUT2D eigenvalue weighted by atomic mass is 10.1. The number of hydrogen-bond donors (Lipinski definition) is 0. The van der Waals surface area contributed by atoms with Gasteiger partial charge in [0.05, 0.1) is 31.8 Å². The molecule has 2 aliphatic heterocycles. The van der Waals surface area contributed by atoms with Gasteiger partial charge in [0.2, 0.25) is 0 Å². The Balaban J connectivity index is 1.89. The molecule has 0 N–H and O–H groups in total. The topological polar surface area (TPSA) is 94.5 Å². The third-order valence-corrected chi connectivity index (χ3v) is 7.71. The highest BCUT2D eigenvalue weighted by Gasteiger charge is 2.48. The number of rotatable bonds is 6. The first-order valence-corrected chi connectivity index (χ1v) is 11.0. The van der Waals surface area contributed by atoms with E-state index in [0.717, 1.165) is 5.56 Å². The van der Waals surface area contributed by atoms with Gasteiger partial charge in [0.25, 0.3) is 5.91 Å². The lowest BCUT2D eigenvalue weighted by Gasteiger charge is -2.24. The summed E-state index contributed by atoms with van der Waals surface area (Å²) in [5.74, 6) is 0.978. The Morgan fingerprint density at radius 3 is 2.63 bits per heavy atom. The summed E-state index contributed by atoms with van der Waals surface area (Å²) in [6.45, 7) is 0.311. The number of carbonyl (C=O) groups excluding carboxylic acids is 1. The molecule has 2 saturated heterocycles. The molecule has 2 atom stereocenters. The minimum atomic E-state index is -3.09. The maximum Gasteiger partial charge on any atom is 0.274 e. The summed E-state index contributed by atoms with van der Waals surface area (Å²) >= 11 is 1.35. The van der Waals surface area contributed by atoms with E-state index in [2.05, 4.69) is 4.99 Å². The van der Waals surface area contributed by atoms with Gasteiger partial charge in [-0.3, -0.25) is 4.79 Å². The number of amidine groups is 1. The minimum absolute atomic E-state index is 0.0649. The van der Waals surface area contributed by atoms with Gasteiger partial charge in [-0.25, -0.2) is 8.42 Å². The molecule has 0 saturated carbocycles. The first kappa shape index (κ1) is 20.0. The summed E-state index contributed by atoms with van der Waals surface area (Å²) in [5, 5.41) is 0.418. The summed E-state index contributed by atoms with van der Waals surface area (Å²) in [7, 11) is 1.47. The van der Waals surface area contributed by atoms with E-state index in [-0.39, 0.29) is 35.3 Å². The Morgan fingerprint density at radius 2 is 1.96 bits per heavy atom. The molecule has 0 bridgehead atoms. The highest BCUT2D eigenvalue weighted by Crippen LogP contribution is 2.39. The number of ether oxygens (including phenoxy) is 3. The number of fused-ring (bicyclic) bond motifs is 1. The lowest BCUT2D eigenvalue weighted by Crippen LogP contribution is -2.37. The fourth-order valence-electron chi connectivity index (χ4n) is 3.26. The maximum absolute atomic E-state index is 12.1. The van der Waals surface area contributed by atoms with Crippen LogP contribution in [0.5, 0.6) is 11.5 Å². The Bertz CT molecular complexity index is 855. The Kier molecular flexibility index (Phi) is 5.97. The second-order valence-electron chi connectivity index (χ2n) is 6.34. The summed E-state index contributed by atoms with van der Waals surface area (Å²) < 4.78 is 39.5. The molecule has 10 heteroatoms. The van der Waals surface area contributed by atoms with Gasteiger partial charge in [0, 0.05) is 18.9 Å². The fraction of sp³-hybridized carbons (Fsp3) is 0.529. The van der Waals surface area contributed by atoms with Gasteiger partial charge in [-0.15, -0.1) is 0 Å². The Hall–Kier alpha value is -1.78. The van der Waals surface area contributed by atoms with Gasteiger partial charge in [0.15, 0.2) is 26.5 Å². The van der Waals surface area contributed by atoms with Crippen LogP contribution in [-0.2, 0) is 25.9 Å². The quantitative estimate of drug-likeness (QED) is 0.679. The molecule has 1 amide bonds. The lowest BCUT2D eigenvalue weighted by molar-refractivity contribution is -0.121. The molecule has 1 aromatic carbocycles. The summed E-state index contributed by atoms with van der Waals surface area (Å²) in [6.07, 6.45) is 0. The van der Waals surface area contributed by atoms with E-state index in [1.807, 2.05) is 17.0 Å². The first-order chi connectivity index (χ1) is 12.9.